The molecule has 0 bridgehead atoms. The number of para-hydroxylation sites is 1. The molecule has 122 valence electrons. The number of benzene rings is 2. The van der Waals surface area contributed by atoms with E-state index in [0.29, 0.717) is 4.90 Å². The molecule has 0 aliphatic heterocycles. The number of rotatable bonds is 4. The predicted molar refractivity (Wildman–Crippen MR) is 97.8 cm³/mol. The standard InChI is InChI=1S/C19H13N3O2S/c23-22(24)15-10-4-5-11-16(15)25-19-18(14-8-2-1-3-9-14)20-17-12-6-7-13-21(17)19/h1-13H. The summed E-state index contributed by atoms with van der Waals surface area (Å²) in [6, 6.07) is 22.4. The summed E-state index contributed by atoms with van der Waals surface area (Å²) in [5.41, 5.74) is 2.70. The first-order valence-corrected chi connectivity index (χ1v) is 8.49. The molecule has 0 aliphatic carbocycles. The van der Waals surface area contributed by atoms with E-state index in [1.807, 2.05) is 59.1 Å². The summed E-state index contributed by atoms with van der Waals surface area (Å²) in [5.74, 6) is 0. The Balaban J connectivity index is 1.91. The fourth-order valence-electron chi connectivity index (χ4n) is 2.65. The number of nitro benzene ring substituents is 1. The molecule has 0 saturated heterocycles. The maximum atomic E-state index is 11.3. The number of imidazole rings is 1. The van der Waals surface area contributed by atoms with E-state index in [1.165, 1.54) is 17.8 Å². The Kier molecular flexibility index (Phi) is 3.95. The van der Waals surface area contributed by atoms with Crippen LogP contribution in [0.25, 0.3) is 16.9 Å². The molecule has 0 spiro atoms. The summed E-state index contributed by atoms with van der Waals surface area (Å²) in [5, 5.41) is 12.2. The van der Waals surface area contributed by atoms with Crippen molar-refractivity contribution in [2.45, 2.75) is 9.92 Å². The zero-order valence-corrected chi connectivity index (χ0v) is 13.9. The van der Waals surface area contributed by atoms with Crippen molar-refractivity contribution in [1.82, 2.24) is 9.38 Å². The molecule has 2 aromatic heterocycles. The summed E-state index contributed by atoms with van der Waals surface area (Å²) in [7, 11) is 0. The van der Waals surface area contributed by atoms with E-state index in [9.17, 15) is 10.1 Å². The van der Waals surface area contributed by atoms with Crippen molar-refractivity contribution >= 4 is 23.1 Å². The maximum absolute atomic E-state index is 11.3. The molecule has 0 atom stereocenters. The van der Waals surface area contributed by atoms with Crippen molar-refractivity contribution in [3.8, 4) is 11.3 Å². The third-order valence-corrected chi connectivity index (χ3v) is 4.95. The third kappa shape index (κ3) is 2.88. The molecule has 4 rings (SSSR count). The molecule has 2 aromatic carbocycles. The van der Waals surface area contributed by atoms with Crippen LogP contribution >= 0.6 is 11.8 Å². The van der Waals surface area contributed by atoms with E-state index in [-0.39, 0.29) is 10.6 Å². The Morgan fingerprint density at radius 1 is 0.920 bits per heavy atom. The minimum Gasteiger partial charge on any atom is -0.294 e. The van der Waals surface area contributed by atoms with Crippen LogP contribution in [-0.2, 0) is 0 Å². The molecule has 0 unspecified atom stereocenters. The molecular formula is C19H13N3O2S. The van der Waals surface area contributed by atoms with E-state index in [0.717, 1.165) is 21.9 Å². The van der Waals surface area contributed by atoms with Crippen LogP contribution in [0.15, 0.2) is 88.9 Å². The van der Waals surface area contributed by atoms with Gasteiger partial charge in [0.15, 0.2) is 0 Å². The minimum atomic E-state index is -0.353. The minimum absolute atomic E-state index is 0.0948. The molecule has 5 nitrogen and oxygen atoms in total. The Hall–Kier alpha value is -3.12. The lowest BCUT2D eigenvalue weighted by molar-refractivity contribution is -0.387. The summed E-state index contributed by atoms with van der Waals surface area (Å²) < 4.78 is 1.96. The van der Waals surface area contributed by atoms with Gasteiger partial charge >= 0.3 is 0 Å². The number of fused-ring (bicyclic) bond motifs is 1. The van der Waals surface area contributed by atoms with Crippen molar-refractivity contribution in [3.05, 3.63) is 89.1 Å². The molecule has 2 heterocycles. The van der Waals surface area contributed by atoms with E-state index < -0.39 is 0 Å². The molecule has 0 saturated carbocycles. The van der Waals surface area contributed by atoms with Gasteiger partial charge in [0.25, 0.3) is 5.69 Å². The van der Waals surface area contributed by atoms with Gasteiger partial charge in [-0.25, -0.2) is 4.98 Å². The highest BCUT2D eigenvalue weighted by molar-refractivity contribution is 7.99. The third-order valence-electron chi connectivity index (χ3n) is 3.80. The van der Waals surface area contributed by atoms with Crippen molar-refractivity contribution in [2.24, 2.45) is 0 Å². The number of hydrogen-bond donors (Lipinski definition) is 0. The van der Waals surface area contributed by atoms with Gasteiger partial charge in [-0.1, -0.05) is 60.3 Å². The van der Waals surface area contributed by atoms with Crippen LogP contribution in [0.5, 0.6) is 0 Å². The number of pyridine rings is 1. The Bertz CT molecular complexity index is 1060. The zero-order valence-electron chi connectivity index (χ0n) is 13.1. The normalized spacial score (nSPS) is 10.9. The second-order valence-electron chi connectivity index (χ2n) is 5.39. The van der Waals surface area contributed by atoms with Gasteiger partial charge in [0.05, 0.1) is 9.82 Å². The van der Waals surface area contributed by atoms with Gasteiger partial charge in [-0.15, -0.1) is 0 Å². The Morgan fingerprint density at radius 3 is 2.44 bits per heavy atom. The van der Waals surface area contributed by atoms with Gasteiger partial charge < -0.3 is 0 Å². The fraction of sp³-hybridized carbons (Fsp3) is 0. The molecular weight excluding hydrogens is 334 g/mol. The van der Waals surface area contributed by atoms with Gasteiger partial charge in [0.2, 0.25) is 0 Å². The summed E-state index contributed by atoms with van der Waals surface area (Å²) in [6.45, 7) is 0. The predicted octanol–water partition coefficient (Wildman–Crippen LogP) is 5.06. The highest BCUT2D eigenvalue weighted by Gasteiger charge is 2.20. The molecule has 25 heavy (non-hydrogen) atoms. The Labute approximate surface area is 148 Å². The average molecular weight is 347 g/mol. The lowest BCUT2D eigenvalue weighted by Crippen LogP contribution is -1.92. The lowest BCUT2D eigenvalue weighted by atomic mass is 10.2. The number of aromatic nitrogens is 2. The van der Waals surface area contributed by atoms with Crippen molar-refractivity contribution in [1.29, 1.82) is 0 Å². The Morgan fingerprint density at radius 2 is 1.64 bits per heavy atom. The molecule has 6 heteroatoms. The van der Waals surface area contributed by atoms with Crippen LogP contribution in [0.4, 0.5) is 5.69 Å². The van der Waals surface area contributed by atoms with Gasteiger partial charge in [-0.05, 0) is 18.2 Å². The van der Waals surface area contributed by atoms with Crippen LogP contribution in [0.3, 0.4) is 0 Å². The molecule has 4 aromatic rings. The van der Waals surface area contributed by atoms with Crippen molar-refractivity contribution < 1.29 is 4.92 Å². The first-order chi connectivity index (χ1) is 12.2. The second kappa shape index (κ2) is 6.41. The van der Waals surface area contributed by atoms with Gasteiger partial charge in [0, 0.05) is 17.8 Å². The average Bonchev–Trinajstić information content (AvgIpc) is 3.01. The maximum Gasteiger partial charge on any atom is 0.283 e. The van der Waals surface area contributed by atoms with E-state index in [2.05, 4.69) is 0 Å². The fourth-order valence-corrected chi connectivity index (χ4v) is 3.77. The number of nitrogens with zero attached hydrogens (tertiary/aromatic N) is 3. The zero-order chi connectivity index (χ0) is 17.2. The highest BCUT2D eigenvalue weighted by atomic mass is 32.2. The van der Waals surface area contributed by atoms with E-state index >= 15 is 0 Å². The van der Waals surface area contributed by atoms with Gasteiger partial charge in [0.1, 0.15) is 16.4 Å². The van der Waals surface area contributed by atoms with Gasteiger partial charge in [-0.2, -0.15) is 0 Å². The largest absolute Gasteiger partial charge is 0.294 e. The van der Waals surface area contributed by atoms with Crippen LogP contribution in [0.1, 0.15) is 0 Å². The first-order valence-electron chi connectivity index (χ1n) is 7.68. The smallest absolute Gasteiger partial charge is 0.283 e. The van der Waals surface area contributed by atoms with Crippen LogP contribution < -0.4 is 0 Å². The number of hydrogen-bond acceptors (Lipinski definition) is 4. The molecule has 0 amide bonds. The molecule has 0 radical (unpaired) electrons. The summed E-state index contributed by atoms with van der Waals surface area (Å²) in [4.78, 5) is 16.3. The summed E-state index contributed by atoms with van der Waals surface area (Å²) in [6.07, 6.45) is 1.92. The quantitative estimate of drug-likeness (QED) is 0.382. The van der Waals surface area contributed by atoms with Crippen molar-refractivity contribution in [3.63, 3.8) is 0 Å². The number of nitro groups is 1. The topological polar surface area (TPSA) is 60.4 Å². The van der Waals surface area contributed by atoms with Crippen LogP contribution in [0.2, 0.25) is 0 Å². The van der Waals surface area contributed by atoms with Gasteiger partial charge in [-0.3, -0.25) is 14.5 Å². The first kappa shape index (κ1) is 15.4. The van der Waals surface area contributed by atoms with Crippen LogP contribution in [-0.4, -0.2) is 14.3 Å². The molecule has 0 fully saturated rings. The highest BCUT2D eigenvalue weighted by Crippen LogP contribution is 2.39. The lowest BCUT2D eigenvalue weighted by Gasteiger charge is -2.06. The van der Waals surface area contributed by atoms with Crippen molar-refractivity contribution in [2.75, 3.05) is 0 Å². The van der Waals surface area contributed by atoms with Crippen LogP contribution in [0, 0.1) is 10.1 Å². The summed E-state index contributed by atoms with van der Waals surface area (Å²) >= 11 is 1.36. The molecule has 0 N–H and O–H groups in total. The molecule has 0 aliphatic rings. The van der Waals surface area contributed by atoms with E-state index in [4.69, 9.17) is 4.98 Å². The SMILES string of the molecule is O=[N+]([O-])c1ccccc1Sc1c(-c2ccccc2)nc2ccccn12. The second-order valence-corrected chi connectivity index (χ2v) is 6.42. The monoisotopic (exact) mass is 347 g/mol. The van der Waals surface area contributed by atoms with E-state index in [1.54, 1.807) is 18.2 Å².